The zero-order valence-electron chi connectivity index (χ0n) is 9.10. The normalized spacial score (nSPS) is 26.4. The van der Waals surface area contributed by atoms with Gasteiger partial charge in [0.25, 0.3) is 0 Å². The van der Waals surface area contributed by atoms with Crippen molar-refractivity contribution in [3.63, 3.8) is 0 Å². The number of carboxylic acid groups (broad SMARTS) is 1. The van der Waals surface area contributed by atoms with Crippen LogP contribution in [0.4, 0.5) is 0 Å². The molecule has 0 aliphatic carbocycles. The third-order valence-electron chi connectivity index (χ3n) is 2.33. The molecule has 0 aromatic rings. The third-order valence-corrected chi connectivity index (χ3v) is 2.33. The molecule has 0 spiro atoms. The lowest BCUT2D eigenvalue weighted by Crippen LogP contribution is -2.48. The predicted molar refractivity (Wildman–Crippen MR) is 53.5 cm³/mol. The average molecular weight is 215 g/mol. The lowest BCUT2D eigenvalue weighted by Gasteiger charge is -2.35. The topological polar surface area (TPSA) is 66.8 Å². The largest absolute Gasteiger partial charge is 0.481 e. The fraction of sp³-hybridized carbons (Fsp3) is 0.800. The number of carboxylic acids is 1. The molecule has 86 valence electrons. The minimum absolute atomic E-state index is 0.0301. The van der Waals surface area contributed by atoms with Crippen LogP contribution in [0.1, 0.15) is 26.7 Å². The van der Waals surface area contributed by atoms with Crippen LogP contribution in [0.3, 0.4) is 0 Å². The summed E-state index contributed by atoms with van der Waals surface area (Å²) in [5, 5.41) is 8.47. The van der Waals surface area contributed by atoms with Crippen molar-refractivity contribution in [1.82, 2.24) is 4.90 Å². The third kappa shape index (κ3) is 3.87. The Hall–Kier alpha value is -1.10. The van der Waals surface area contributed by atoms with E-state index >= 15 is 0 Å². The van der Waals surface area contributed by atoms with Crippen molar-refractivity contribution in [2.24, 2.45) is 0 Å². The Kier molecular flexibility index (Phi) is 4.08. The van der Waals surface area contributed by atoms with Crippen LogP contribution in [0.25, 0.3) is 0 Å². The maximum Gasteiger partial charge on any atom is 0.303 e. The van der Waals surface area contributed by atoms with Gasteiger partial charge in [0.15, 0.2) is 0 Å². The van der Waals surface area contributed by atoms with Crippen LogP contribution in [0.5, 0.6) is 0 Å². The summed E-state index contributed by atoms with van der Waals surface area (Å²) >= 11 is 0. The summed E-state index contributed by atoms with van der Waals surface area (Å²) in [5.41, 5.74) is 0. The molecule has 15 heavy (non-hydrogen) atoms. The highest BCUT2D eigenvalue weighted by Crippen LogP contribution is 2.12. The number of ether oxygens (including phenoxy) is 1. The number of aliphatic carboxylic acids is 1. The summed E-state index contributed by atoms with van der Waals surface area (Å²) in [6, 6.07) is 0. The van der Waals surface area contributed by atoms with Crippen molar-refractivity contribution in [2.45, 2.75) is 38.9 Å². The quantitative estimate of drug-likeness (QED) is 0.744. The highest BCUT2D eigenvalue weighted by molar-refractivity contribution is 5.80. The van der Waals surface area contributed by atoms with Crippen LogP contribution in [0.15, 0.2) is 0 Å². The van der Waals surface area contributed by atoms with Gasteiger partial charge in [0.2, 0.25) is 5.91 Å². The zero-order valence-corrected chi connectivity index (χ0v) is 9.10. The van der Waals surface area contributed by atoms with Crippen LogP contribution in [0, 0.1) is 0 Å². The molecule has 1 N–H and O–H groups in total. The predicted octanol–water partition coefficient (Wildman–Crippen LogP) is 0.487. The van der Waals surface area contributed by atoms with E-state index in [0.29, 0.717) is 13.1 Å². The molecular formula is C10H17NO4. The van der Waals surface area contributed by atoms with E-state index in [2.05, 4.69) is 0 Å². The van der Waals surface area contributed by atoms with Crippen molar-refractivity contribution in [1.29, 1.82) is 0 Å². The first-order valence-electron chi connectivity index (χ1n) is 5.14. The summed E-state index contributed by atoms with van der Waals surface area (Å²) in [5.74, 6) is -1.03. The SMILES string of the molecule is CC1CN(C(=O)CCC(=O)O)CC(C)O1. The second kappa shape index (κ2) is 5.11. The van der Waals surface area contributed by atoms with Gasteiger partial charge in [-0.2, -0.15) is 0 Å². The summed E-state index contributed by atoms with van der Waals surface area (Å²) in [4.78, 5) is 23.6. The average Bonchev–Trinajstić information content (AvgIpc) is 2.12. The first kappa shape index (κ1) is 12.0. The van der Waals surface area contributed by atoms with Crippen LogP contribution >= 0.6 is 0 Å². The van der Waals surface area contributed by atoms with E-state index < -0.39 is 5.97 Å². The summed E-state index contributed by atoms with van der Waals surface area (Å²) in [7, 11) is 0. The number of amides is 1. The second-order valence-corrected chi connectivity index (χ2v) is 3.95. The van der Waals surface area contributed by atoms with Crippen LogP contribution in [-0.4, -0.2) is 47.2 Å². The van der Waals surface area contributed by atoms with Gasteiger partial charge in [0.05, 0.1) is 18.6 Å². The van der Waals surface area contributed by atoms with Crippen molar-refractivity contribution in [3.8, 4) is 0 Å². The fourth-order valence-electron chi connectivity index (χ4n) is 1.75. The van der Waals surface area contributed by atoms with Gasteiger partial charge >= 0.3 is 5.97 Å². The molecule has 0 aromatic heterocycles. The maximum atomic E-state index is 11.6. The lowest BCUT2D eigenvalue weighted by molar-refractivity contribution is -0.146. The molecule has 2 unspecified atom stereocenters. The van der Waals surface area contributed by atoms with Gasteiger partial charge in [0.1, 0.15) is 0 Å². The molecule has 1 heterocycles. The molecule has 0 radical (unpaired) electrons. The first-order chi connectivity index (χ1) is 6.99. The number of hydrogen-bond donors (Lipinski definition) is 1. The van der Waals surface area contributed by atoms with E-state index in [1.807, 2.05) is 13.8 Å². The highest BCUT2D eigenvalue weighted by atomic mass is 16.5. The molecule has 1 amide bonds. The van der Waals surface area contributed by atoms with Gasteiger partial charge in [-0.15, -0.1) is 0 Å². The van der Waals surface area contributed by atoms with Crippen LogP contribution in [0.2, 0.25) is 0 Å². The van der Waals surface area contributed by atoms with Crippen LogP contribution in [-0.2, 0) is 14.3 Å². The van der Waals surface area contributed by atoms with Crippen molar-refractivity contribution >= 4 is 11.9 Å². The summed E-state index contributed by atoms with van der Waals surface area (Å²) in [6.07, 6.45) is 0.0401. The van der Waals surface area contributed by atoms with Crippen molar-refractivity contribution in [3.05, 3.63) is 0 Å². The molecule has 1 aliphatic rings. The number of carbonyl (C=O) groups excluding carboxylic acids is 1. The molecule has 2 atom stereocenters. The molecule has 0 bridgehead atoms. The van der Waals surface area contributed by atoms with Gasteiger partial charge in [-0.1, -0.05) is 0 Å². The van der Waals surface area contributed by atoms with Gasteiger partial charge in [-0.3, -0.25) is 9.59 Å². The van der Waals surface area contributed by atoms with Gasteiger partial charge in [-0.05, 0) is 13.8 Å². The standard InChI is InChI=1S/C10H17NO4/c1-7-5-11(6-8(2)15-7)9(12)3-4-10(13)14/h7-8H,3-6H2,1-2H3,(H,13,14). The molecular weight excluding hydrogens is 198 g/mol. The minimum atomic E-state index is -0.933. The number of rotatable bonds is 3. The fourth-order valence-corrected chi connectivity index (χ4v) is 1.75. The van der Waals surface area contributed by atoms with E-state index in [9.17, 15) is 9.59 Å². The van der Waals surface area contributed by atoms with E-state index in [0.717, 1.165) is 0 Å². The summed E-state index contributed by atoms with van der Waals surface area (Å²) < 4.78 is 5.48. The molecule has 1 saturated heterocycles. The molecule has 1 rings (SSSR count). The van der Waals surface area contributed by atoms with Crippen molar-refractivity contribution < 1.29 is 19.4 Å². The van der Waals surface area contributed by atoms with Crippen LogP contribution < -0.4 is 0 Å². The molecule has 0 saturated carbocycles. The van der Waals surface area contributed by atoms with E-state index in [-0.39, 0.29) is 31.0 Å². The number of morpholine rings is 1. The smallest absolute Gasteiger partial charge is 0.303 e. The Balaban J connectivity index is 2.41. The molecule has 5 heteroatoms. The number of hydrogen-bond acceptors (Lipinski definition) is 3. The zero-order chi connectivity index (χ0) is 11.4. The van der Waals surface area contributed by atoms with Gasteiger partial charge < -0.3 is 14.7 Å². The van der Waals surface area contributed by atoms with E-state index in [1.165, 1.54) is 0 Å². The van der Waals surface area contributed by atoms with Gasteiger partial charge in [-0.25, -0.2) is 0 Å². The Bertz CT molecular complexity index is 244. The Morgan fingerprint density at radius 3 is 2.27 bits per heavy atom. The summed E-state index contributed by atoms with van der Waals surface area (Å²) in [6.45, 7) is 4.94. The minimum Gasteiger partial charge on any atom is -0.481 e. The molecule has 5 nitrogen and oxygen atoms in total. The van der Waals surface area contributed by atoms with E-state index in [1.54, 1.807) is 4.90 Å². The molecule has 0 aromatic carbocycles. The lowest BCUT2D eigenvalue weighted by atomic mass is 10.2. The molecule has 1 fully saturated rings. The Labute approximate surface area is 89.0 Å². The number of nitrogens with zero attached hydrogens (tertiary/aromatic N) is 1. The van der Waals surface area contributed by atoms with Crippen molar-refractivity contribution in [2.75, 3.05) is 13.1 Å². The number of carbonyl (C=O) groups is 2. The highest BCUT2D eigenvalue weighted by Gasteiger charge is 2.25. The maximum absolute atomic E-state index is 11.6. The Morgan fingerprint density at radius 2 is 1.80 bits per heavy atom. The first-order valence-corrected chi connectivity index (χ1v) is 5.14. The molecule has 1 aliphatic heterocycles. The monoisotopic (exact) mass is 215 g/mol. The second-order valence-electron chi connectivity index (χ2n) is 3.95. The van der Waals surface area contributed by atoms with Gasteiger partial charge in [0, 0.05) is 19.5 Å². The Morgan fingerprint density at radius 1 is 1.27 bits per heavy atom. The van der Waals surface area contributed by atoms with E-state index in [4.69, 9.17) is 9.84 Å².